The highest BCUT2D eigenvalue weighted by Gasteiger charge is 2.31. The number of carbonyl (C=O) groups is 2. The SMILES string of the molecule is O=C(O)CCN1C(=O)/C(=C\c2ccc(OCc3ccccc3Cl)cc2)SC1=S. The van der Waals surface area contributed by atoms with Crippen LogP contribution in [0, 0.1) is 0 Å². The first kappa shape index (κ1) is 20.4. The summed E-state index contributed by atoms with van der Waals surface area (Å²) in [7, 11) is 0. The van der Waals surface area contributed by atoms with E-state index in [1.54, 1.807) is 6.08 Å². The number of carboxylic acids is 1. The topological polar surface area (TPSA) is 66.8 Å². The third kappa shape index (κ3) is 5.13. The molecule has 0 spiro atoms. The normalized spacial score (nSPS) is 15.3. The lowest BCUT2D eigenvalue weighted by Crippen LogP contribution is -2.30. The van der Waals surface area contributed by atoms with Crippen LogP contribution in [0.5, 0.6) is 5.75 Å². The zero-order valence-electron chi connectivity index (χ0n) is 14.6. The molecule has 144 valence electrons. The standard InChI is InChI=1S/C20H16ClNO4S2/c21-16-4-2-1-3-14(16)12-26-15-7-5-13(6-8-15)11-17-19(25)22(20(27)28-17)10-9-18(23)24/h1-8,11H,9-10,12H2,(H,23,24)/b17-11+. The lowest BCUT2D eigenvalue weighted by atomic mass is 10.2. The number of nitrogens with zero attached hydrogens (tertiary/aromatic N) is 1. The first-order valence-corrected chi connectivity index (χ1v) is 9.98. The van der Waals surface area contributed by atoms with Gasteiger partial charge in [0.15, 0.2) is 0 Å². The maximum absolute atomic E-state index is 12.4. The molecule has 1 amide bonds. The summed E-state index contributed by atoms with van der Waals surface area (Å²) < 4.78 is 6.12. The molecule has 0 saturated carbocycles. The zero-order valence-corrected chi connectivity index (χ0v) is 17.0. The Morgan fingerprint density at radius 1 is 1.21 bits per heavy atom. The molecule has 28 heavy (non-hydrogen) atoms. The van der Waals surface area contributed by atoms with Gasteiger partial charge in [0, 0.05) is 17.1 Å². The van der Waals surface area contributed by atoms with Crippen molar-refractivity contribution in [3.8, 4) is 5.75 Å². The molecule has 0 radical (unpaired) electrons. The highest BCUT2D eigenvalue weighted by Crippen LogP contribution is 2.32. The van der Waals surface area contributed by atoms with Crippen LogP contribution >= 0.6 is 35.6 Å². The molecule has 3 rings (SSSR count). The molecule has 1 fully saturated rings. The Bertz CT molecular complexity index is 943. The van der Waals surface area contributed by atoms with Crippen molar-refractivity contribution in [2.75, 3.05) is 6.54 Å². The molecule has 0 aliphatic carbocycles. The molecule has 1 aliphatic rings. The van der Waals surface area contributed by atoms with Gasteiger partial charge in [0.25, 0.3) is 5.91 Å². The van der Waals surface area contributed by atoms with Crippen molar-refractivity contribution < 1.29 is 19.4 Å². The number of hydrogen-bond donors (Lipinski definition) is 1. The molecule has 1 aliphatic heterocycles. The monoisotopic (exact) mass is 433 g/mol. The van der Waals surface area contributed by atoms with Gasteiger partial charge < -0.3 is 9.84 Å². The fraction of sp³-hybridized carbons (Fsp3) is 0.150. The number of rotatable bonds is 7. The summed E-state index contributed by atoms with van der Waals surface area (Å²) in [6, 6.07) is 14.8. The van der Waals surface area contributed by atoms with Crippen molar-refractivity contribution in [2.45, 2.75) is 13.0 Å². The van der Waals surface area contributed by atoms with Crippen molar-refractivity contribution in [1.82, 2.24) is 4.90 Å². The highest BCUT2D eigenvalue weighted by atomic mass is 35.5. The molecule has 0 atom stereocenters. The Labute approximate surface area is 176 Å². The summed E-state index contributed by atoms with van der Waals surface area (Å²) >= 11 is 12.5. The van der Waals surface area contributed by atoms with E-state index in [4.69, 9.17) is 33.7 Å². The number of benzene rings is 2. The van der Waals surface area contributed by atoms with E-state index in [2.05, 4.69) is 0 Å². The van der Waals surface area contributed by atoms with E-state index in [1.165, 1.54) is 16.7 Å². The Morgan fingerprint density at radius 3 is 2.61 bits per heavy atom. The summed E-state index contributed by atoms with van der Waals surface area (Å²) in [5.74, 6) is -0.549. The lowest BCUT2D eigenvalue weighted by Gasteiger charge is -2.12. The number of thioether (sulfide) groups is 1. The zero-order chi connectivity index (χ0) is 20.1. The van der Waals surface area contributed by atoms with Crippen LogP contribution in [-0.2, 0) is 16.2 Å². The fourth-order valence-electron chi connectivity index (χ4n) is 2.49. The average Bonchev–Trinajstić information content (AvgIpc) is 2.93. The number of halogens is 1. The molecule has 2 aromatic rings. The predicted molar refractivity (Wildman–Crippen MR) is 114 cm³/mol. The minimum Gasteiger partial charge on any atom is -0.489 e. The molecule has 1 heterocycles. The summed E-state index contributed by atoms with van der Waals surface area (Å²) in [5, 5.41) is 9.44. The van der Waals surface area contributed by atoms with E-state index >= 15 is 0 Å². The Morgan fingerprint density at radius 2 is 1.93 bits per heavy atom. The summed E-state index contributed by atoms with van der Waals surface area (Å²) in [6.45, 7) is 0.438. The van der Waals surface area contributed by atoms with E-state index in [0.717, 1.165) is 11.1 Å². The quantitative estimate of drug-likeness (QED) is 0.508. The maximum Gasteiger partial charge on any atom is 0.305 e. The molecule has 0 aromatic heterocycles. The Kier molecular flexibility index (Phi) is 6.72. The molecule has 1 saturated heterocycles. The number of hydrogen-bond acceptors (Lipinski definition) is 5. The van der Waals surface area contributed by atoms with Crippen LogP contribution in [0.1, 0.15) is 17.5 Å². The van der Waals surface area contributed by atoms with Crippen molar-refractivity contribution in [2.24, 2.45) is 0 Å². The first-order valence-electron chi connectivity index (χ1n) is 8.37. The van der Waals surface area contributed by atoms with E-state index in [0.29, 0.717) is 26.6 Å². The van der Waals surface area contributed by atoms with Crippen LogP contribution in [-0.4, -0.2) is 32.7 Å². The minimum atomic E-state index is -0.967. The Balaban J connectivity index is 1.63. The fourth-order valence-corrected chi connectivity index (χ4v) is 3.99. The number of aliphatic carboxylic acids is 1. The van der Waals surface area contributed by atoms with Crippen molar-refractivity contribution in [3.05, 3.63) is 69.6 Å². The van der Waals surface area contributed by atoms with Crippen LogP contribution in [0.2, 0.25) is 5.02 Å². The molecule has 0 unspecified atom stereocenters. The second kappa shape index (κ2) is 9.23. The van der Waals surface area contributed by atoms with Crippen LogP contribution < -0.4 is 4.74 Å². The van der Waals surface area contributed by atoms with Gasteiger partial charge in [-0.05, 0) is 29.8 Å². The summed E-state index contributed by atoms with van der Waals surface area (Å²) in [5.41, 5.74) is 1.72. The van der Waals surface area contributed by atoms with Gasteiger partial charge in [0.2, 0.25) is 0 Å². The molecule has 1 N–H and O–H groups in total. The summed E-state index contributed by atoms with van der Waals surface area (Å²) in [4.78, 5) is 24.9. The molecular formula is C20H16ClNO4S2. The first-order chi connectivity index (χ1) is 13.4. The van der Waals surface area contributed by atoms with E-state index < -0.39 is 5.97 Å². The smallest absolute Gasteiger partial charge is 0.305 e. The molecule has 5 nitrogen and oxygen atoms in total. The van der Waals surface area contributed by atoms with E-state index in [1.807, 2.05) is 48.5 Å². The molecule has 0 bridgehead atoms. The maximum atomic E-state index is 12.4. The van der Waals surface area contributed by atoms with Crippen LogP contribution in [0.25, 0.3) is 6.08 Å². The van der Waals surface area contributed by atoms with Crippen molar-refractivity contribution >= 4 is 57.9 Å². The largest absolute Gasteiger partial charge is 0.489 e. The molecule has 2 aromatic carbocycles. The van der Waals surface area contributed by atoms with Gasteiger partial charge in [0.05, 0.1) is 11.3 Å². The van der Waals surface area contributed by atoms with Gasteiger partial charge in [-0.25, -0.2) is 0 Å². The van der Waals surface area contributed by atoms with Gasteiger partial charge in [-0.2, -0.15) is 0 Å². The Hall–Kier alpha value is -2.35. The number of carbonyl (C=O) groups excluding carboxylic acids is 1. The van der Waals surface area contributed by atoms with Gasteiger partial charge in [-0.1, -0.05) is 65.9 Å². The molecular weight excluding hydrogens is 418 g/mol. The second-order valence-corrected chi connectivity index (χ2v) is 8.01. The van der Waals surface area contributed by atoms with E-state index in [9.17, 15) is 9.59 Å². The highest BCUT2D eigenvalue weighted by molar-refractivity contribution is 8.26. The van der Waals surface area contributed by atoms with Crippen LogP contribution in [0.4, 0.5) is 0 Å². The number of carboxylic acid groups (broad SMARTS) is 1. The number of ether oxygens (including phenoxy) is 1. The lowest BCUT2D eigenvalue weighted by molar-refractivity contribution is -0.137. The average molecular weight is 434 g/mol. The number of amides is 1. The minimum absolute atomic E-state index is 0.0756. The van der Waals surface area contributed by atoms with Gasteiger partial charge >= 0.3 is 5.97 Å². The van der Waals surface area contributed by atoms with Gasteiger partial charge in [0.1, 0.15) is 16.7 Å². The van der Waals surface area contributed by atoms with Gasteiger partial charge in [-0.3, -0.25) is 14.5 Å². The molecule has 8 heteroatoms. The van der Waals surface area contributed by atoms with Crippen LogP contribution in [0.15, 0.2) is 53.4 Å². The summed E-state index contributed by atoms with van der Waals surface area (Å²) in [6.07, 6.45) is 1.59. The van der Waals surface area contributed by atoms with E-state index in [-0.39, 0.29) is 18.9 Å². The third-order valence-corrected chi connectivity index (χ3v) is 5.70. The van der Waals surface area contributed by atoms with Crippen molar-refractivity contribution in [3.63, 3.8) is 0 Å². The predicted octanol–water partition coefficient (Wildman–Crippen LogP) is 4.59. The van der Waals surface area contributed by atoms with Gasteiger partial charge in [-0.15, -0.1) is 0 Å². The second-order valence-electron chi connectivity index (χ2n) is 5.93. The number of thiocarbonyl (C=S) groups is 1. The third-order valence-electron chi connectivity index (χ3n) is 3.95. The van der Waals surface area contributed by atoms with Crippen LogP contribution in [0.3, 0.4) is 0 Å². The van der Waals surface area contributed by atoms with Crippen molar-refractivity contribution in [1.29, 1.82) is 0 Å².